The van der Waals surface area contributed by atoms with Crippen molar-refractivity contribution in [3.05, 3.63) is 11.8 Å². The molecular formula is C8H15NO2. The highest BCUT2D eigenvalue weighted by Crippen LogP contribution is 2.03. The third-order valence-electron chi connectivity index (χ3n) is 1.19. The van der Waals surface area contributed by atoms with E-state index >= 15 is 0 Å². The highest BCUT2D eigenvalue weighted by atomic mass is 16.5. The standard InChI is InChI=1S/C8H15NO2/c1-4-7(5-9)8(10)11-6(2)3/h5-6H,4,9H2,1-3H3. The molecule has 0 unspecified atom stereocenters. The van der Waals surface area contributed by atoms with Gasteiger partial charge in [0.25, 0.3) is 0 Å². The van der Waals surface area contributed by atoms with Gasteiger partial charge in [-0.1, -0.05) is 6.92 Å². The van der Waals surface area contributed by atoms with Crippen LogP contribution in [0.2, 0.25) is 0 Å². The molecule has 0 aromatic rings. The van der Waals surface area contributed by atoms with Gasteiger partial charge in [0.1, 0.15) is 0 Å². The lowest BCUT2D eigenvalue weighted by molar-refractivity contribution is -0.142. The minimum atomic E-state index is -0.315. The average molecular weight is 157 g/mol. The van der Waals surface area contributed by atoms with Gasteiger partial charge in [-0.05, 0) is 20.3 Å². The molecular weight excluding hydrogens is 142 g/mol. The van der Waals surface area contributed by atoms with Crippen molar-refractivity contribution in [1.82, 2.24) is 0 Å². The Labute approximate surface area is 67.2 Å². The van der Waals surface area contributed by atoms with Gasteiger partial charge < -0.3 is 10.5 Å². The monoisotopic (exact) mass is 157 g/mol. The Morgan fingerprint density at radius 1 is 1.64 bits per heavy atom. The summed E-state index contributed by atoms with van der Waals surface area (Å²) >= 11 is 0. The van der Waals surface area contributed by atoms with Crippen LogP contribution in [0.25, 0.3) is 0 Å². The zero-order valence-electron chi connectivity index (χ0n) is 7.26. The zero-order valence-corrected chi connectivity index (χ0v) is 7.26. The van der Waals surface area contributed by atoms with E-state index in [-0.39, 0.29) is 12.1 Å². The zero-order chi connectivity index (χ0) is 8.85. The summed E-state index contributed by atoms with van der Waals surface area (Å²) in [5.41, 5.74) is 5.72. The summed E-state index contributed by atoms with van der Waals surface area (Å²) in [7, 11) is 0. The first-order valence-corrected chi connectivity index (χ1v) is 3.73. The molecule has 0 amide bonds. The van der Waals surface area contributed by atoms with E-state index in [1.54, 1.807) is 0 Å². The highest BCUT2D eigenvalue weighted by molar-refractivity contribution is 5.88. The molecule has 0 fully saturated rings. The normalized spacial score (nSPS) is 11.8. The summed E-state index contributed by atoms with van der Waals surface area (Å²) < 4.78 is 4.91. The van der Waals surface area contributed by atoms with Crippen molar-refractivity contribution >= 4 is 5.97 Å². The Kier molecular flexibility index (Phi) is 4.34. The van der Waals surface area contributed by atoms with Gasteiger partial charge in [-0.2, -0.15) is 0 Å². The van der Waals surface area contributed by atoms with Gasteiger partial charge >= 0.3 is 5.97 Å². The predicted octanol–water partition coefficient (Wildman–Crippen LogP) is 1.19. The molecule has 0 radical (unpaired) electrons. The lowest BCUT2D eigenvalue weighted by Gasteiger charge is -2.08. The fourth-order valence-electron chi connectivity index (χ4n) is 0.620. The molecule has 11 heavy (non-hydrogen) atoms. The maximum atomic E-state index is 11.0. The summed E-state index contributed by atoms with van der Waals surface area (Å²) in [4.78, 5) is 11.0. The minimum Gasteiger partial charge on any atom is -0.460 e. The van der Waals surface area contributed by atoms with Crippen molar-refractivity contribution in [2.45, 2.75) is 33.3 Å². The Morgan fingerprint density at radius 2 is 2.18 bits per heavy atom. The Balaban J connectivity index is 4.02. The number of carbonyl (C=O) groups is 1. The van der Waals surface area contributed by atoms with E-state index in [9.17, 15) is 4.79 Å². The van der Waals surface area contributed by atoms with E-state index < -0.39 is 0 Å². The maximum Gasteiger partial charge on any atom is 0.335 e. The molecule has 0 saturated heterocycles. The van der Waals surface area contributed by atoms with E-state index in [2.05, 4.69) is 0 Å². The van der Waals surface area contributed by atoms with Gasteiger partial charge in [0.2, 0.25) is 0 Å². The molecule has 0 bridgehead atoms. The van der Waals surface area contributed by atoms with Gasteiger partial charge in [0, 0.05) is 6.20 Å². The summed E-state index contributed by atoms with van der Waals surface area (Å²) in [5.74, 6) is -0.315. The molecule has 0 heterocycles. The number of rotatable bonds is 3. The second-order valence-corrected chi connectivity index (χ2v) is 2.50. The lowest BCUT2D eigenvalue weighted by Crippen LogP contribution is -2.14. The number of hydrogen-bond acceptors (Lipinski definition) is 3. The van der Waals surface area contributed by atoms with Crippen LogP contribution in [0.5, 0.6) is 0 Å². The first-order valence-electron chi connectivity index (χ1n) is 3.73. The Bertz CT molecular complexity index is 161. The summed E-state index contributed by atoms with van der Waals surface area (Å²) in [5, 5.41) is 0. The predicted molar refractivity (Wildman–Crippen MR) is 43.8 cm³/mol. The number of esters is 1. The SMILES string of the molecule is CCC(=CN)C(=O)OC(C)C. The van der Waals surface area contributed by atoms with Crippen LogP contribution in [0, 0.1) is 0 Å². The average Bonchev–Trinajstić information content (AvgIpc) is 1.88. The fourth-order valence-corrected chi connectivity index (χ4v) is 0.620. The van der Waals surface area contributed by atoms with Crippen molar-refractivity contribution < 1.29 is 9.53 Å². The van der Waals surface area contributed by atoms with Crippen molar-refractivity contribution in [3.8, 4) is 0 Å². The van der Waals surface area contributed by atoms with Crippen molar-refractivity contribution in [2.24, 2.45) is 5.73 Å². The van der Waals surface area contributed by atoms with Crippen molar-refractivity contribution in [2.75, 3.05) is 0 Å². The van der Waals surface area contributed by atoms with Crippen LogP contribution in [-0.2, 0) is 9.53 Å². The molecule has 0 rings (SSSR count). The number of ether oxygens (including phenoxy) is 1. The first kappa shape index (κ1) is 10.0. The van der Waals surface area contributed by atoms with Gasteiger partial charge in [-0.3, -0.25) is 0 Å². The van der Waals surface area contributed by atoms with E-state index in [0.717, 1.165) is 0 Å². The highest BCUT2D eigenvalue weighted by Gasteiger charge is 2.09. The van der Waals surface area contributed by atoms with E-state index in [1.165, 1.54) is 6.20 Å². The van der Waals surface area contributed by atoms with Crippen LogP contribution < -0.4 is 5.73 Å². The van der Waals surface area contributed by atoms with Crippen molar-refractivity contribution in [1.29, 1.82) is 0 Å². The Hall–Kier alpha value is -0.990. The molecule has 0 aromatic heterocycles. The lowest BCUT2D eigenvalue weighted by atomic mass is 10.2. The van der Waals surface area contributed by atoms with Gasteiger partial charge in [0.05, 0.1) is 11.7 Å². The van der Waals surface area contributed by atoms with Crippen LogP contribution >= 0.6 is 0 Å². The quantitative estimate of drug-likeness (QED) is 0.494. The molecule has 2 N–H and O–H groups in total. The maximum absolute atomic E-state index is 11.0. The smallest absolute Gasteiger partial charge is 0.335 e. The fraction of sp³-hybridized carbons (Fsp3) is 0.625. The third kappa shape index (κ3) is 3.65. The van der Waals surface area contributed by atoms with Crippen LogP contribution in [0.4, 0.5) is 0 Å². The summed E-state index contributed by atoms with van der Waals surface area (Å²) in [6.45, 7) is 5.48. The molecule has 0 aliphatic carbocycles. The molecule has 0 aromatic carbocycles. The first-order chi connectivity index (χ1) is 5.11. The van der Waals surface area contributed by atoms with Crippen LogP contribution in [0.15, 0.2) is 11.8 Å². The molecule has 0 saturated carbocycles. The summed E-state index contributed by atoms with van der Waals surface area (Å²) in [6, 6.07) is 0. The van der Waals surface area contributed by atoms with E-state index in [0.29, 0.717) is 12.0 Å². The van der Waals surface area contributed by atoms with Gasteiger partial charge in [-0.25, -0.2) is 4.79 Å². The molecule has 0 atom stereocenters. The van der Waals surface area contributed by atoms with Crippen LogP contribution in [0.3, 0.4) is 0 Å². The van der Waals surface area contributed by atoms with Crippen molar-refractivity contribution in [3.63, 3.8) is 0 Å². The number of hydrogen-bond donors (Lipinski definition) is 1. The molecule has 0 spiro atoms. The summed E-state index contributed by atoms with van der Waals surface area (Å²) in [6.07, 6.45) is 1.83. The van der Waals surface area contributed by atoms with Gasteiger partial charge in [-0.15, -0.1) is 0 Å². The van der Waals surface area contributed by atoms with Crippen LogP contribution in [0.1, 0.15) is 27.2 Å². The molecule has 3 nitrogen and oxygen atoms in total. The number of nitrogens with two attached hydrogens (primary N) is 1. The minimum absolute atomic E-state index is 0.0796. The van der Waals surface area contributed by atoms with E-state index in [4.69, 9.17) is 10.5 Å². The molecule has 3 heteroatoms. The third-order valence-corrected chi connectivity index (χ3v) is 1.19. The second kappa shape index (κ2) is 4.77. The number of carbonyl (C=O) groups excluding carboxylic acids is 1. The molecule has 0 aliphatic heterocycles. The Morgan fingerprint density at radius 3 is 2.45 bits per heavy atom. The molecule has 64 valence electrons. The van der Waals surface area contributed by atoms with Gasteiger partial charge in [0.15, 0.2) is 0 Å². The second-order valence-electron chi connectivity index (χ2n) is 2.50. The molecule has 0 aliphatic rings. The van der Waals surface area contributed by atoms with Crippen LogP contribution in [-0.4, -0.2) is 12.1 Å². The largest absolute Gasteiger partial charge is 0.460 e. The van der Waals surface area contributed by atoms with E-state index in [1.807, 2.05) is 20.8 Å². The topological polar surface area (TPSA) is 52.3 Å².